The molecule has 80 valence electrons. The lowest BCUT2D eigenvalue weighted by Crippen LogP contribution is -2.42. The molecule has 4 unspecified atom stereocenters. The molecule has 0 aromatic rings. The zero-order chi connectivity index (χ0) is 9.76. The second-order valence-corrected chi connectivity index (χ2v) is 6.01. The van der Waals surface area contributed by atoms with Crippen LogP contribution in [0.2, 0.25) is 0 Å². The quantitative estimate of drug-likeness (QED) is 0.681. The van der Waals surface area contributed by atoms with Gasteiger partial charge in [-0.3, -0.25) is 0 Å². The van der Waals surface area contributed by atoms with Crippen LogP contribution in [0, 0.1) is 23.7 Å². The number of fused-ring (bicyclic) bond motifs is 1. The van der Waals surface area contributed by atoms with E-state index in [4.69, 9.17) is 5.73 Å². The number of hydrogen-bond donors (Lipinski definition) is 1. The zero-order valence-corrected chi connectivity index (χ0v) is 9.34. The van der Waals surface area contributed by atoms with Crippen LogP contribution in [-0.2, 0) is 0 Å². The van der Waals surface area contributed by atoms with Crippen LogP contribution in [0.5, 0.6) is 0 Å². The van der Waals surface area contributed by atoms with Crippen molar-refractivity contribution in [3.05, 3.63) is 0 Å². The molecular weight excluding hydrogens is 170 g/mol. The van der Waals surface area contributed by atoms with Crippen molar-refractivity contribution in [3.63, 3.8) is 0 Å². The minimum atomic E-state index is 0.304. The van der Waals surface area contributed by atoms with Crippen LogP contribution in [0.1, 0.15) is 51.9 Å². The normalized spacial score (nSPS) is 57.0. The Morgan fingerprint density at radius 1 is 0.857 bits per heavy atom. The van der Waals surface area contributed by atoms with Gasteiger partial charge >= 0.3 is 0 Å². The van der Waals surface area contributed by atoms with Crippen LogP contribution in [0.4, 0.5) is 0 Å². The summed E-state index contributed by atoms with van der Waals surface area (Å²) in [7, 11) is 0. The topological polar surface area (TPSA) is 26.0 Å². The predicted octanol–water partition coefficient (Wildman–Crippen LogP) is 2.94. The molecule has 3 aliphatic rings. The van der Waals surface area contributed by atoms with Gasteiger partial charge in [0.2, 0.25) is 0 Å². The largest absolute Gasteiger partial charge is 0.324 e. The molecule has 0 saturated heterocycles. The maximum absolute atomic E-state index is 6.66. The van der Waals surface area contributed by atoms with E-state index in [0.29, 0.717) is 5.54 Å². The predicted molar refractivity (Wildman–Crippen MR) is 58.9 cm³/mol. The molecule has 0 amide bonds. The molecule has 0 heterocycles. The molecule has 2 N–H and O–H groups in total. The van der Waals surface area contributed by atoms with Crippen molar-refractivity contribution in [1.29, 1.82) is 0 Å². The van der Waals surface area contributed by atoms with E-state index in [1.807, 2.05) is 0 Å². The second-order valence-electron chi connectivity index (χ2n) is 6.01. The van der Waals surface area contributed by atoms with Gasteiger partial charge in [0.05, 0.1) is 0 Å². The minimum absolute atomic E-state index is 0.304. The molecule has 0 aromatic carbocycles. The molecule has 4 atom stereocenters. The Morgan fingerprint density at radius 2 is 1.43 bits per heavy atom. The Labute approximate surface area is 87.4 Å². The fraction of sp³-hybridized carbons (Fsp3) is 1.00. The molecule has 3 rings (SSSR count). The Hall–Kier alpha value is -0.0400. The van der Waals surface area contributed by atoms with Crippen molar-refractivity contribution in [2.45, 2.75) is 57.4 Å². The monoisotopic (exact) mass is 193 g/mol. The van der Waals surface area contributed by atoms with E-state index >= 15 is 0 Å². The third-order valence-corrected chi connectivity index (χ3v) is 5.45. The van der Waals surface area contributed by atoms with E-state index in [9.17, 15) is 0 Å². The van der Waals surface area contributed by atoms with Gasteiger partial charge in [-0.2, -0.15) is 0 Å². The van der Waals surface area contributed by atoms with Gasteiger partial charge in [-0.1, -0.05) is 32.6 Å². The van der Waals surface area contributed by atoms with Crippen LogP contribution >= 0.6 is 0 Å². The zero-order valence-electron chi connectivity index (χ0n) is 9.34. The van der Waals surface area contributed by atoms with Gasteiger partial charge in [-0.25, -0.2) is 0 Å². The first-order chi connectivity index (χ1) is 6.74. The van der Waals surface area contributed by atoms with Gasteiger partial charge in [0.25, 0.3) is 0 Å². The van der Waals surface area contributed by atoms with E-state index in [-0.39, 0.29) is 0 Å². The molecule has 3 saturated carbocycles. The van der Waals surface area contributed by atoms with E-state index < -0.39 is 0 Å². The van der Waals surface area contributed by atoms with E-state index in [1.54, 1.807) is 0 Å². The molecule has 3 aliphatic carbocycles. The van der Waals surface area contributed by atoms with Gasteiger partial charge in [-0.15, -0.1) is 0 Å². The molecule has 0 aromatic heterocycles. The summed E-state index contributed by atoms with van der Waals surface area (Å²) in [6.07, 6.45) is 10.1. The number of rotatable bonds is 1. The molecule has 1 nitrogen and oxygen atoms in total. The summed E-state index contributed by atoms with van der Waals surface area (Å²) in [5.74, 6) is 3.62. The van der Waals surface area contributed by atoms with E-state index in [0.717, 1.165) is 23.7 Å². The highest BCUT2D eigenvalue weighted by atomic mass is 14.9. The summed E-state index contributed by atoms with van der Waals surface area (Å²) in [4.78, 5) is 0. The van der Waals surface area contributed by atoms with Crippen molar-refractivity contribution in [3.8, 4) is 0 Å². The standard InChI is InChI=1S/C13H23N/c1-9-5-2-3-6-10(9)13(14)11-7-4-8-12(11)13/h9-12H,2-8,14H2,1H3. The highest BCUT2D eigenvalue weighted by molar-refractivity contribution is 5.21. The van der Waals surface area contributed by atoms with Crippen LogP contribution in [-0.4, -0.2) is 5.54 Å². The minimum Gasteiger partial charge on any atom is -0.324 e. The van der Waals surface area contributed by atoms with Gasteiger partial charge < -0.3 is 5.73 Å². The maximum Gasteiger partial charge on any atom is 0.0249 e. The molecule has 3 fully saturated rings. The Morgan fingerprint density at radius 3 is 2.07 bits per heavy atom. The molecule has 0 bridgehead atoms. The van der Waals surface area contributed by atoms with Gasteiger partial charge in [0, 0.05) is 5.54 Å². The van der Waals surface area contributed by atoms with Crippen molar-refractivity contribution < 1.29 is 0 Å². The molecular formula is C13H23N. The third-order valence-electron chi connectivity index (χ3n) is 5.45. The average molecular weight is 193 g/mol. The summed E-state index contributed by atoms with van der Waals surface area (Å²) < 4.78 is 0. The van der Waals surface area contributed by atoms with Crippen molar-refractivity contribution in [2.75, 3.05) is 0 Å². The summed E-state index contributed by atoms with van der Waals surface area (Å²) in [5, 5.41) is 0. The summed E-state index contributed by atoms with van der Waals surface area (Å²) in [6, 6.07) is 0. The smallest absolute Gasteiger partial charge is 0.0249 e. The first kappa shape index (κ1) is 9.21. The van der Waals surface area contributed by atoms with Crippen molar-refractivity contribution in [1.82, 2.24) is 0 Å². The third kappa shape index (κ3) is 1.05. The maximum atomic E-state index is 6.66. The number of hydrogen-bond acceptors (Lipinski definition) is 1. The van der Waals surface area contributed by atoms with E-state index in [1.165, 1.54) is 44.9 Å². The number of nitrogens with two attached hydrogens (primary N) is 1. The van der Waals surface area contributed by atoms with E-state index in [2.05, 4.69) is 6.92 Å². The molecule has 0 aliphatic heterocycles. The van der Waals surface area contributed by atoms with Crippen LogP contribution in [0.3, 0.4) is 0 Å². The highest BCUT2D eigenvalue weighted by Crippen LogP contribution is 2.65. The first-order valence-corrected chi connectivity index (χ1v) is 6.53. The Balaban J connectivity index is 1.75. The molecule has 1 heteroatoms. The molecule has 0 spiro atoms. The fourth-order valence-corrected chi connectivity index (χ4v) is 4.66. The van der Waals surface area contributed by atoms with Crippen LogP contribution in [0.25, 0.3) is 0 Å². The average Bonchev–Trinajstić information content (AvgIpc) is 2.63. The fourth-order valence-electron chi connectivity index (χ4n) is 4.66. The second kappa shape index (κ2) is 2.98. The summed E-state index contributed by atoms with van der Waals surface area (Å²) in [5.41, 5.74) is 6.96. The Kier molecular flexibility index (Phi) is 1.96. The Bertz CT molecular complexity index is 225. The van der Waals surface area contributed by atoms with Crippen LogP contribution in [0.15, 0.2) is 0 Å². The van der Waals surface area contributed by atoms with Gasteiger partial charge in [-0.05, 0) is 42.9 Å². The van der Waals surface area contributed by atoms with Gasteiger partial charge in [0.1, 0.15) is 0 Å². The van der Waals surface area contributed by atoms with Crippen LogP contribution < -0.4 is 5.73 Å². The molecule has 14 heavy (non-hydrogen) atoms. The SMILES string of the molecule is CC1CCCCC1C1(N)C2CCCC21. The molecule has 0 radical (unpaired) electrons. The summed E-state index contributed by atoms with van der Waals surface area (Å²) in [6.45, 7) is 2.44. The van der Waals surface area contributed by atoms with Crippen molar-refractivity contribution >= 4 is 0 Å². The van der Waals surface area contributed by atoms with Gasteiger partial charge in [0.15, 0.2) is 0 Å². The lowest BCUT2D eigenvalue weighted by atomic mass is 9.73. The lowest BCUT2D eigenvalue weighted by Gasteiger charge is -2.36. The highest BCUT2D eigenvalue weighted by Gasteiger charge is 2.67. The summed E-state index contributed by atoms with van der Waals surface area (Å²) >= 11 is 0. The van der Waals surface area contributed by atoms with Crippen molar-refractivity contribution in [2.24, 2.45) is 29.4 Å². The first-order valence-electron chi connectivity index (χ1n) is 6.53. The lowest BCUT2D eigenvalue weighted by molar-refractivity contribution is 0.181.